The first kappa shape index (κ1) is 28.8. The Morgan fingerprint density at radius 1 is 1.05 bits per heavy atom. The lowest BCUT2D eigenvalue weighted by atomic mass is 9.82. The van der Waals surface area contributed by atoms with Crippen molar-refractivity contribution >= 4 is 5.91 Å². The number of hydrogen-bond donors (Lipinski definition) is 2. The molecule has 0 saturated carbocycles. The number of likely N-dealkylation sites (N-methyl/N-ethyl adjacent to an activating group) is 1. The summed E-state index contributed by atoms with van der Waals surface area (Å²) >= 11 is 0. The molecule has 208 valence electrons. The van der Waals surface area contributed by atoms with E-state index < -0.39 is 0 Å². The van der Waals surface area contributed by atoms with E-state index in [2.05, 4.69) is 105 Å². The Bertz CT molecular complexity index is 996. The molecule has 2 fully saturated rings. The van der Waals surface area contributed by atoms with Gasteiger partial charge in [0.15, 0.2) is 0 Å². The number of nitrogens with zero attached hydrogens (tertiary/aromatic N) is 2. The molecular weight excluding hydrogens is 472 g/mol. The zero-order chi connectivity index (χ0) is 27.1. The molecule has 6 heteroatoms. The molecule has 2 aliphatic rings. The van der Waals surface area contributed by atoms with Crippen LogP contribution in [-0.4, -0.2) is 81.7 Å². The molecule has 3 atom stereocenters. The minimum absolute atomic E-state index is 0.0309. The summed E-state index contributed by atoms with van der Waals surface area (Å²) in [6.07, 6.45) is 2.97. The van der Waals surface area contributed by atoms with E-state index in [-0.39, 0.29) is 17.5 Å². The van der Waals surface area contributed by atoms with Crippen molar-refractivity contribution in [1.82, 2.24) is 15.1 Å². The molecule has 2 saturated heterocycles. The molecule has 38 heavy (non-hydrogen) atoms. The summed E-state index contributed by atoms with van der Waals surface area (Å²) in [5.41, 5.74) is 2.60. The van der Waals surface area contributed by atoms with Crippen LogP contribution in [0.4, 0.5) is 0 Å². The topological polar surface area (TPSA) is 49.2 Å². The van der Waals surface area contributed by atoms with E-state index in [0.29, 0.717) is 18.4 Å². The fraction of sp³-hybridized carbons (Fsp3) is 0.594. The Labute approximate surface area is 230 Å². The molecule has 2 N–H and O–H groups in total. The zero-order valence-electron chi connectivity index (χ0n) is 24.2. The van der Waals surface area contributed by atoms with Crippen LogP contribution in [-0.2, 0) is 4.79 Å². The quantitative estimate of drug-likeness (QED) is 0.531. The number of amides is 1. The maximum atomic E-state index is 13.6. The summed E-state index contributed by atoms with van der Waals surface area (Å²) in [7, 11) is 4.12. The number of rotatable bonds is 9. The van der Waals surface area contributed by atoms with Crippen LogP contribution in [0.15, 0.2) is 54.6 Å². The highest BCUT2D eigenvalue weighted by atomic mass is 16.5. The van der Waals surface area contributed by atoms with E-state index in [1.807, 2.05) is 0 Å². The van der Waals surface area contributed by atoms with E-state index in [1.165, 1.54) is 16.0 Å². The largest absolute Gasteiger partial charge is 0.492 e. The van der Waals surface area contributed by atoms with Crippen molar-refractivity contribution in [3.63, 3.8) is 0 Å². The second-order valence-corrected chi connectivity index (χ2v) is 12.5. The van der Waals surface area contributed by atoms with Gasteiger partial charge in [0.05, 0.1) is 25.6 Å². The number of carbonyl (C=O) groups excluding carboxylic acids is 1. The summed E-state index contributed by atoms with van der Waals surface area (Å²) in [5, 5.41) is 3.43. The molecule has 1 amide bonds. The van der Waals surface area contributed by atoms with E-state index in [4.69, 9.17) is 4.74 Å². The molecule has 6 nitrogen and oxygen atoms in total. The molecule has 2 unspecified atom stereocenters. The molecule has 0 radical (unpaired) electrons. The maximum Gasteiger partial charge on any atom is 0.312 e. The van der Waals surface area contributed by atoms with Crippen LogP contribution in [0, 0.1) is 11.3 Å². The second-order valence-electron chi connectivity index (χ2n) is 12.5. The molecular formula is C32H49N4O2+. The minimum atomic E-state index is 0.0309. The van der Waals surface area contributed by atoms with Crippen LogP contribution >= 0.6 is 0 Å². The Balaban J connectivity index is 1.53. The van der Waals surface area contributed by atoms with Gasteiger partial charge < -0.3 is 15.0 Å². The Hall–Kier alpha value is -2.25. The van der Waals surface area contributed by atoms with Crippen molar-refractivity contribution in [2.45, 2.75) is 52.1 Å². The molecule has 4 rings (SSSR count). The van der Waals surface area contributed by atoms with Gasteiger partial charge in [-0.25, -0.2) is 4.79 Å². The van der Waals surface area contributed by atoms with Gasteiger partial charge in [-0.1, -0.05) is 63.2 Å². The van der Waals surface area contributed by atoms with Crippen molar-refractivity contribution in [2.75, 3.05) is 60.0 Å². The van der Waals surface area contributed by atoms with Gasteiger partial charge >= 0.3 is 5.91 Å². The maximum absolute atomic E-state index is 13.6. The smallest absolute Gasteiger partial charge is 0.312 e. The van der Waals surface area contributed by atoms with Gasteiger partial charge in [0.2, 0.25) is 0 Å². The third kappa shape index (κ3) is 7.66. The normalized spacial score (nSPS) is 22.4. The summed E-state index contributed by atoms with van der Waals surface area (Å²) in [6, 6.07) is 19.9. The Morgan fingerprint density at radius 2 is 1.71 bits per heavy atom. The van der Waals surface area contributed by atoms with Crippen molar-refractivity contribution in [1.29, 1.82) is 0 Å². The SMILES string of the molecule is CN(C)CCOc1ccc(C(c2ccccc2)N2CC[NH+](C(=O)CC3CCNCC3)[C@@H](C(C)(C)C)C2)cc1. The number of carbonyl (C=O) groups is 1. The van der Waals surface area contributed by atoms with Crippen LogP contribution in [0.2, 0.25) is 0 Å². The zero-order valence-corrected chi connectivity index (χ0v) is 24.2. The Kier molecular flexibility index (Phi) is 9.99. The molecule has 2 aliphatic heterocycles. The van der Waals surface area contributed by atoms with Crippen molar-refractivity contribution < 1.29 is 14.4 Å². The van der Waals surface area contributed by atoms with Crippen LogP contribution < -0.4 is 15.0 Å². The van der Waals surface area contributed by atoms with Gasteiger partial charge in [0.25, 0.3) is 0 Å². The summed E-state index contributed by atoms with van der Waals surface area (Å²) in [4.78, 5) is 19.5. The van der Waals surface area contributed by atoms with Crippen LogP contribution in [0.3, 0.4) is 0 Å². The monoisotopic (exact) mass is 521 g/mol. The van der Waals surface area contributed by atoms with Gasteiger partial charge in [0, 0.05) is 18.5 Å². The van der Waals surface area contributed by atoms with Crippen LogP contribution in [0.1, 0.15) is 57.2 Å². The lowest BCUT2D eigenvalue weighted by Gasteiger charge is -2.46. The molecule has 0 aromatic heterocycles. The van der Waals surface area contributed by atoms with Gasteiger partial charge in [-0.3, -0.25) is 9.80 Å². The van der Waals surface area contributed by atoms with E-state index in [9.17, 15) is 4.79 Å². The molecule has 2 aromatic carbocycles. The third-order valence-corrected chi connectivity index (χ3v) is 8.33. The number of hydrogen-bond acceptors (Lipinski definition) is 5. The lowest BCUT2D eigenvalue weighted by Crippen LogP contribution is -3.22. The molecule has 0 spiro atoms. The van der Waals surface area contributed by atoms with Crippen molar-refractivity contribution in [3.05, 3.63) is 65.7 Å². The third-order valence-electron chi connectivity index (χ3n) is 8.33. The Morgan fingerprint density at radius 3 is 2.34 bits per heavy atom. The van der Waals surface area contributed by atoms with Gasteiger partial charge in [-0.2, -0.15) is 0 Å². The van der Waals surface area contributed by atoms with Crippen molar-refractivity contribution in [2.24, 2.45) is 11.3 Å². The van der Waals surface area contributed by atoms with Crippen molar-refractivity contribution in [3.8, 4) is 5.75 Å². The first-order valence-corrected chi connectivity index (χ1v) is 14.5. The predicted octanol–water partition coefficient (Wildman–Crippen LogP) is 3.25. The number of nitrogens with one attached hydrogen (secondary N) is 2. The average molecular weight is 522 g/mol. The predicted molar refractivity (Wildman–Crippen MR) is 155 cm³/mol. The first-order valence-electron chi connectivity index (χ1n) is 14.5. The van der Waals surface area contributed by atoms with Crippen LogP contribution in [0.5, 0.6) is 5.75 Å². The lowest BCUT2D eigenvalue weighted by molar-refractivity contribution is -0.863. The molecule has 2 aromatic rings. The van der Waals surface area contributed by atoms with Crippen LogP contribution in [0.25, 0.3) is 0 Å². The average Bonchev–Trinajstić information content (AvgIpc) is 2.90. The van der Waals surface area contributed by atoms with Gasteiger partial charge in [-0.05, 0) is 69.2 Å². The summed E-state index contributed by atoms with van der Waals surface area (Å²) < 4.78 is 5.97. The standard InChI is InChI=1S/C32H48N4O2/c1-32(2,3)29-24-35(19-20-36(29)30(37)23-25-15-17-33-18-16-25)31(26-9-7-6-8-10-26)27-11-13-28(14-12-27)38-22-21-34(4)5/h6-14,25,29,31,33H,15-24H2,1-5H3/p+1/t29-,31?/m1/s1. The highest BCUT2D eigenvalue weighted by molar-refractivity contribution is 5.67. The highest BCUT2D eigenvalue weighted by Crippen LogP contribution is 2.32. The fourth-order valence-electron chi connectivity index (χ4n) is 6.06. The minimum Gasteiger partial charge on any atom is -0.492 e. The number of piperidine rings is 1. The highest BCUT2D eigenvalue weighted by Gasteiger charge is 2.44. The molecule has 2 heterocycles. The number of quaternary nitrogens is 1. The second kappa shape index (κ2) is 13.2. The number of ether oxygens (including phenoxy) is 1. The number of benzene rings is 2. The van der Waals surface area contributed by atoms with E-state index in [0.717, 1.165) is 64.3 Å². The summed E-state index contributed by atoms with van der Waals surface area (Å²) in [5.74, 6) is 1.87. The first-order chi connectivity index (χ1) is 18.2. The van der Waals surface area contributed by atoms with Gasteiger partial charge in [0.1, 0.15) is 18.4 Å². The van der Waals surface area contributed by atoms with Gasteiger partial charge in [-0.15, -0.1) is 0 Å². The van der Waals surface area contributed by atoms with E-state index >= 15 is 0 Å². The molecule has 0 aliphatic carbocycles. The molecule has 0 bridgehead atoms. The summed E-state index contributed by atoms with van der Waals surface area (Å²) in [6.45, 7) is 13.2. The number of piperazine rings is 1. The van der Waals surface area contributed by atoms with E-state index in [1.54, 1.807) is 0 Å². The fourth-order valence-corrected chi connectivity index (χ4v) is 6.06.